The van der Waals surface area contributed by atoms with Gasteiger partial charge < -0.3 is 0 Å². The summed E-state index contributed by atoms with van der Waals surface area (Å²) in [4.78, 5) is 0. The number of rotatable bonds is 6. The number of fused-ring (bicyclic) bond motifs is 6. The molecule has 0 spiro atoms. The maximum absolute atomic E-state index is 2.58. The molecule has 0 radical (unpaired) electrons. The number of anilines is 1. The lowest BCUT2D eigenvalue weighted by molar-refractivity contribution is 0.634. The van der Waals surface area contributed by atoms with Gasteiger partial charge in [0.2, 0.25) is 0 Å². The van der Waals surface area contributed by atoms with E-state index in [0.29, 0.717) is 0 Å². The van der Waals surface area contributed by atoms with E-state index < -0.39 is 0 Å². The second kappa shape index (κ2) is 12.4. The Balaban J connectivity index is 1.32. The molecule has 0 saturated carbocycles. The largest absolute Gasteiger partial charge is 0.274 e. The molecule has 2 heteroatoms. The van der Waals surface area contributed by atoms with Crippen LogP contribution in [0.1, 0.15) is 31.4 Å². The van der Waals surface area contributed by atoms with Crippen LogP contribution in [0.2, 0.25) is 0 Å². The molecule has 0 bridgehead atoms. The molecule has 1 heterocycles. The highest BCUT2D eigenvalue weighted by molar-refractivity contribution is 6.15. The summed E-state index contributed by atoms with van der Waals surface area (Å²) in [5.41, 5.74) is 16.2. The van der Waals surface area contributed by atoms with Gasteiger partial charge in [-0.3, -0.25) is 9.69 Å². The number of nitrogens with zero attached hydrogens (tertiary/aromatic N) is 2. The second-order valence-corrected chi connectivity index (χ2v) is 14.9. The van der Waals surface area contributed by atoms with Crippen molar-refractivity contribution in [3.05, 3.63) is 199 Å². The molecule has 0 saturated heterocycles. The molecule has 0 aliphatic heterocycles. The van der Waals surface area contributed by atoms with Crippen LogP contribution in [0, 0.1) is 0 Å². The van der Waals surface area contributed by atoms with Crippen LogP contribution >= 0.6 is 0 Å². The van der Waals surface area contributed by atoms with Crippen LogP contribution in [-0.4, -0.2) is 10.7 Å². The minimum Gasteiger partial charge on any atom is -0.274 e. The van der Waals surface area contributed by atoms with Crippen molar-refractivity contribution in [2.45, 2.75) is 31.7 Å². The number of hydrogen-bond acceptors (Lipinski definition) is 1. The predicted octanol–water partition coefficient (Wildman–Crippen LogP) is 13.3. The van der Waals surface area contributed by atoms with Gasteiger partial charge in [-0.2, -0.15) is 0 Å². The lowest BCUT2D eigenvalue weighted by atomic mass is 9.82. The normalized spacial score (nSPS) is 15.5. The maximum Gasteiger partial charge on any atom is 0.0791 e. The Morgan fingerprint density at radius 1 is 0.509 bits per heavy atom. The third-order valence-electron chi connectivity index (χ3n) is 11.5. The highest BCUT2D eigenvalue weighted by Crippen LogP contribution is 2.50. The quantitative estimate of drug-likeness (QED) is 0.170. The zero-order valence-electron chi connectivity index (χ0n) is 30.1. The summed E-state index contributed by atoms with van der Waals surface area (Å²) in [5, 5.41) is 5.06. The Morgan fingerprint density at radius 2 is 1.17 bits per heavy atom. The third kappa shape index (κ3) is 5.09. The van der Waals surface area contributed by atoms with E-state index in [2.05, 4.69) is 212 Å². The van der Waals surface area contributed by atoms with Gasteiger partial charge in [0.1, 0.15) is 0 Å². The molecule has 1 aromatic heterocycles. The molecule has 0 N–H and O–H groups in total. The van der Waals surface area contributed by atoms with Gasteiger partial charge >= 0.3 is 0 Å². The van der Waals surface area contributed by atoms with Crippen molar-refractivity contribution in [3.8, 4) is 44.5 Å². The molecule has 1 atom stereocenters. The number of hydrogen-bond donors (Lipinski definition) is 0. The van der Waals surface area contributed by atoms with Crippen molar-refractivity contribution in [2.75, 3.05) is 5.01 Å². The Morgan fingerprint density at radius 3 is 1.89 bits per heavy atom. The molecule has 8 aromatic rings. The van der Waals surface area contributed by atoms with E-state index in [9.17, 15) is 0 Å². The van der Waals surface area contributed by atoms with Crippen LogP contribution in [-0.2, 0) is 5.41 Å². The van der Waals surface area contributed by atoms with E-state index in [1.54, 1.807) is 0 Å². The summed E-state index contributed by atoms with van der Waals surface area (Å²) >= 11 is 0. The van der Waals surface area contributed by atoms with Gasteiger partial charge in [0.15, 0.2) is 0 Å². The third-order valence-corrected chi connectivity index (χ3v) is 11.5. The van der Waals surface area contributed by atoms with Gasteiger partial charge in [0.25, 0.3) is 0 Å². The molecule has 0 fully saturated rings. The van der Waals surface area contributed by atoms with E-state index in [4.69, 9.17) is 0 Å². The minimum atomic E-state index is -0.114. The van der Waals surface area contributed by atoms with Crippen molar-refractivity contribution in [2.24, 2.45) is 0 Å². The summed E-state index contributed by atoms with van der Waals surface area (Å²) < 4.78 is 2.55. The van der Waals surface area contributed by atoms with Gasteiger partial charge in [0, 0.05) is 21.8 Å². The fourth-order valence-electron chi connectivity index (χ4n) is 8.83. The van der Waals surface area contributed by atoms with E-state index in [0.717, 1.165) is 6.42 Å². The molecular weight excluding hydrogens is 641 g/mol. The fraction of sp³-hybridized carbons (Fsp3) is 0.0980. The zero-order valence-corrected chi connectivity index (χ0v) is 30.1. The summed E-state index contributed by atoms with van der Waals surface area (Å²) in [7, 11) is 0. The van der Waals surface area contributed by atoms with Gasteiger partial charge in [-0.05, 0) is 86.8 Å². The maximum atomic E-state index is 2.58. The summed E-state index contributed by atoms with van der Waals surface area (Å²) in [6, 6.07) is 60.6. The average Bonchev–Trinajstić information content (AvgIpc) is 3.66. The lowest BCUT2D eigenvalue weighted by Crippen LogP contribution is -2.39. The van der Waals surface area contributed by atoms with Gasteiger partial charge in [-0.15, -0.1) is 0 Å². The Kier molecular flexibility index (Phi) is 7.33. The molecule has 2 nitrogen and oxygen atoms in total. The van der Waals surface area contributed by atoms with Crippen LogP contribution in [0.15, 0.2) is 188 Å². The van der Waals surface area contributed by atoms with Crippen molar-refractivity contribution < 1.29 is 0 Å². The van der Waals surface area contributed by atoms with E-state index >= 15 is 0 Å². The first-order chi connectivity index (χ1) is 26.1. The standard InChI is InChI=1S/C51H40N2/c1-51(2)47-26-16-15-25-42(47)43-30-28-41(34-48(43)51)52(40-23-13-6-14-24-40)53-49-33-38(35-17-7-3-8-18-35)27-29-44(49)46-32-39(36-19-9-4-10-20-36)31-45(50(46)53)37-21-11-5-12-22-37/h3-23,25-34,40H,24H2,1-2H3. The highest BCUT2D eigenvalue weighted by Gasteiger charge is 2.36. The van der Waals surface area contributed by atoms with Crippen molar-refractivity contribution in [1.82, 2.24) is 4.68 Å². The van der Waals surface area contributed by atoms with E-state index in [1.807, 2.05) is 0 Å². The second-order valence-electron chi connectivity index (χ2n) is 14.9. The van der Waals surface area contributed by atoms with Crippen LogP contribution in [0.5, 0.6) is 0 Å². The average molecular weight is 681 g/mol. The van der Waals surface area contributed by atoms with E-state index in [-0.39, 0.29) is 11.5 Å². The number of allylic oxidation sites excluding steroid dienone is 2. The van der Waals surface area contributed by atoms with Gasteiger partial charge in [0.05, 0.1) is 22.8 Å². The summed E-state index contributed by atoms with van der Waals surface area (Å²) in [5.74, 6) is 0. The zero-order chi connectivity index (χ0) is 35.5. The topological polar surface area (TPSA) is 8.17 Å². The molecule has 254 valence electrons. The van der Waals surface area contributed by atoms with Crippen LogP contribution in [0.4, 0.5) is 5.69 Å². The minimum absolute atomic E-state index is 0.0987. The molecular formula is C51H40N2. The monoisotopic (exact) mass is 680 g/mol. The SMILES string of the molecule is CC1(C)c2ccccc2-c2ccc(N(C3C=CC=CC3)n3c4cc(-c5ccccc5)ccc4c4cc(-c5ccccc5)cc(-c5ccccc5)c43)cc21. The molecule has 7 aromatic carbocycles. The molecule has 0 amide bonds. The summed E-state index contributed by atoms with van der Waals surface area (Å²) in [6.45, 7) is 4.75. The molecule has 1 unspecified atom stereocenters. The summed E-state index contributed by atoms with van der Waals surface area (Å²) in [6.07, 6.45) is 9.97. The smallest absolute Gasteiger partial charge is 0.0791 e. The Bertz CT molecular complexity index is 2710. The van der Waals surface area contributed by atoms with Crippen molar-refractivity contribution in [1.29, 1.82) is 0 Å². The van der Waals surface area contributed by atoms with Crippen LogP contribution in [0.3, 0.4) is 0 Å². The Hall–Kier alpha value is -6.38. The molecule has 2 aliphatic carbocycles. The predicted molar refractivity (Wildman–Crippen MR) is 224 cm³/mol. The lowest BCUT2D eigenvalue weighted by Gasteiger charge is -2.36. The van der Waals surface area contributed by atoms with Crippen LogP contribution < -0.4 is 5.01 Å². The van der Waals surface area contributed by atoms with Gasteiger partial charge in [-0.25, -0.2) is 0 Å². The van der Waals surface area contributed by atoms with Crippen molar-refractivity contribution >= 4 is 27.5 Å². The first-order valence-electron chi connectivity index (χ1n) is 18.7. The van der Waals surface area contributed by atoms with E-state index in [1.165, 1.54) is 83.1 Å². The number of benzene rings is 7. The first-order valence-corrected chi connectivity index (χ1v) is 18.7. The number of aromatic nitrogens is 1. The van der Waals surface area contributed by atoms with Crippen LogP contribution in [0.25, 0.3) is 66.3 Å². The first kappa shape index (κ1) is 31.4. The van der Waals surface area contributed by atoms with Crippen molar-refractivity contribution in [3.63, 3.8) is 0 Å². The molecule has 53 heavy (non-hydrogen) atoms. The molecule has 2 aliphatic rings. The fourth-order valence-corrected chi connectivity index (χ4v) is 8.83. The Labute approximate surface area is 311 Å². The highest BCUT2D eigenvalue weighted by atomic mass is 15.6. The van der Waals surface area contributed by atoms with Gasteiger partial charge in [-0.1, -0.05) is 172 Å². The molecule has 10 rings (SSSR count).